The predicted molar refractivity (Wildman–Crippen MR) is 96.7 cm³/mol. The number of aliphatic carboxylic acids is 1. The fourth-order valence-corrected chi connectivity index (χ4v) is 2.65. The van der Waals surface area contributed by atoms with Crippen LogP contribution >= 0.6 is 0 Å². The van der Waals surface area contributed by atoms with Gasteiger partial charge >= 0.3 is 5.97 Å². The summed E-state index contributed by atoms with van der Waals surface area (Å²) in [7, 11) is 0. The minimum Gasteiger partial charge on any atom is -0.481 e. The van der Waals surface area contributed by atoms with Crippen molar-refractivity contribution in [3.63, 3.8) is 0 Å². The Morgan fingerprint density at radius 2 is 1.22 bits per heavy atom. The SMILES string of the molecule is CCCCCCCC/C=C\CCCCCCCC(=O)CC(=O)O. The molecule has 0 heterocycles. The van der Waals surface area contributed by atoms with E-state index in [9.17, 15) is 9.59 Å². The summed E-state index contributed by atoms with van der Waals surface area (Å²) in [6.07, 6.45) is 20.7. The lowest BCUT2D eigenvalue weighted by atomic mass is 10.1. The number of hydrogen-bond donors (Lipinski definition) is 1. The summed E-state index contributed by atoms with van der Waals surface area (Å²) in [4.78, 5) is 21.5. The van der Waals surface area contributed by atoms with E-state index in [1.807, 2.05) is 0 Å². The molecule has 0 saturated heterocycles. The van der Waals surface area contributed by atoms with Gasteiger partial charge in [-0.15, -0.1) is 0 Å². The van der Waals surface area contributed by atoms with Crippen molar-refractivity contribution in [1.29, 1.82) is 0 Å². The predicted octanol–water partition coefficient (Wildman–Crippen LogP) is 6.07. The second-order valence-corrected chi connectivity index (χ2v) is 6.44. The van der Waals surface area contributed by atoms with E-state index in [4.69, 9.17) is 5.11 Å². The topological polar surface area (TPSA) is 54.4 Å². The molecule has 23 heavy (non-hydrogen) atoms. The molecule has 3 nitrogen and oxygen atoms in total. The quantitative estimate of drug-likeness (QED) is 0.201. The number of carbonyl (C=O) groups is 2. The van der Waals surface area contributed by atoms with Gasteiger partial charge in [-0.3, -0.25) is 9.59 Å². The number of rotatable bonds is 17. The highest BCUT2D eigenvalue weighted by Crippen LogP contribution is 2.10. The number of Topliss-reactive ketones (excluding diaryl/α,β-unsaturated/α-hetero) is 1. The van der Waals surface area contributed by atoms with Gasteiger partial charge in [-0.25, -0.2) is 0 Å². The monoisotopic (exact) mass is 324 g/mol. The van der Waals surface area contributed by atoms with E-state index in [0.717, 1.165) is 25.7 Å². The Hall–Kier alpha value is -1.12. The fraction of sp³-hybridized carbons (Fsp3) is 0.800. The maximum atomic E-state index is 11.2. The van der Waals surface area contributed by atoms with Crippen LogP contribution in [0.2, 0.25) is 0 Å². The van der Waals surface area contributed by atoms with Crippen LogP contribution in [0.15, 0.2) is 12.2 Å². The summed E-state index contributed by atoms with van der Waals surface area (Å²) >= 11 is 0. The maximum Gasteiger partial charge on any atom is 0.310 e. The molecule has 0 fully saturated rings. The molecule has 0 aliphatic carbocycles. The number of carboxylic acid groups (broad SMARTS) is 1. The summed E-state index contributed by atoms with van der Waals surface area (Å²) < 4.78 is 0. The Kier molecular flexibility index (Phi) is 16.4. The first-order chi connectivity index (χ1) is 11.2. The molecule has 0 aromatic heterocycles. The Balaban J connectivity index is 3.19. The first-order valence-corrected chi connectivity index (χ1v) is 9.55. The highest BCUT2D eigenvalue weighted by Gasteiger charge is 2.06. The molecule has 0 aliphatic rings. The summed E-state index contributed by atoms with van der Waals surface area (Å²) in [5.41, 5.74) is 0. The van der Waals surface area contributed by atoms with Gasteiger partial charge in [0, 0.05) is 6.42 Å². The van der Waals surface area contributed by atoms with Crippen molar-refractivity contribution in [1.82, 2.24) is 0 Å². The van der Waals surface area contributed by atoms with Gasteiger partial charge in [-0.2, -0.15) is 0 Å². The van der Waals surface area contributed by atoms with E-state index in [2.05, 4.69) is 19.1 Å². The average Bonchev–Trinajstić information content (AvgIpc) is 2.50. The number of allylic oxidation sites excluding steroid dienone is 2. The van der Waals surface area contributed by atoms with Crippen molar-refractivity contribution in [2.75, 3.05) is 0 Å². The second kappa shape index (κ2) is 17.2. The van der Waals surface area contributed by atoms with Crippen LogP contribution in [-0.4, -0.2) is 16.9 Å². The van der Waals surface area contributed by atoms with Crippen molar-refractivity contribution >= 4 is 11.8 Å². The third kappa shape index (κ3) is 18.8. The van der Waals surface area contributed by atoms with Crippen LogP contribution in [0.5, 0.6) is 0 Å². The third-order valence-electron chi connectivity index (χ3n) is 4.07. The number of hydrogen-bond acceptors (Lipinski definition) is 2. The van der Waals surface area contributed by atoms with E-state index in [0.29, 0.717) is 6.42 Å². The minimum absolute atomic E-state index is 0.143. The molecule has 0 aliphatic heterocycles. The van der Waals surface area contributed by atoms with Crippen molar-refractivity contribution in [3.8, 4) is 0 Å². The van der Waals surface area contributed by atoms with Gasteiger partial charge in [-0.1, -0.05) is 70.4 Å². The van der Waals surface area contributed by atoms with Crippen LogP contribution in [0, 0.1) is 0 Å². The summed E-state index contributed by atoms with van der Waals surface area (Å²) in [6, 6.07) is 0. The zero-order valence-electron chi connectivity index (χ0n) is 15.0. The summed E-state index contributed by atoms with van der Waals surface area (Å²) in [5.74, 6) is -1.15. The zero-order chi connectivity index (χ0) is 17.2. The Bertz CT molecular complexity index is 321. The highest BCUT2D eigenvalue weighted by molar-refractivity contribution is 5.94. The molecule has 0 amide bonds. The molecule has 134 valence electrons. The van der Waals surface area contributed by atoms with Gasteiger partial charge in [0.15, 0.2) is 0 Å². The van der Waals surface area contributed by atoms with Crippen LogP contribution in [0.1, 0.15) is 103 Å². The lowest BCUT2D eigenvalue weighted by Gasteiger charge is -2.00. The van der Waals surface area contributed by atoms with Gasteiger partial charge in [0.05, 0.1) is 0 Å². The number of carboxylic acids is 1. The van der Waals surface area contributed by atoms with E-state index >= 15 is 0 Å². The van der Waals surface area contributed by atoms with E-state index < -0.39 is 5.97 Å². The van der Waals surface area contributed by atoms with Crippen LogP contribution in [0.4, 0.5) is 0 Å². The van der Waals surface area contributed by atoms with Gasteiger partial charge in [0.25, 0.3) is 0 Å². The van der Waals surface area contributed by atoms with Crippen molar-refractivity contribution in [3.05, 3.63) is 12.2 Å². The van der Waals surface area contributed by atoms with Crippen LogP contribution in [-0.2, 0) is 9.59 Å². The van der Waals surface area contributed by atoms with Crippen molar-refractivity contribution < 1.29 is 14.7 Å². The smallest absolute Gasteiger partial charge is 0.310 e. The standard InChI is InChI=1S/C20H36O3/c1-2-3-4-5-6-7-8-9-10-11-12-13-14-15-16-17-19(21)18-20(22)23/h9-10H,2-8,11-18H2,1H3,(H,22,23)/b10-9-. The number of carbonyl (C=O) groups excluding carboxylic acids is 1. The van der Waals surface area contributed by atoms with E-state index in [-0.39, 0.29) is 12.2 Å². The Labute approximate surface area is 142 Å². The Morgan fingerprint density at radius 3 is 1.74 bits per heavy atom. The second-order valence-electron chi connectivity index (χ2n) is 6.44. The molecule has 1 N–H and O–H groups in total. The van der Waals surface area contributed by atoms with Crippen molar-refractivity contribution in [2.24, 2.45) is 0 Å². The summed E-state index contributed by atoms with van der Waals surface area (Å²) in [5, 5.41) is 8.48. The lowest BCUT2D eigenvalue weighted by Crippen LogP contribution is -2.05. The van der Waals surface area contributed by atoms with E-state index in [1.165, 1.54) is 57.8 Å². The zero-order valence-corrected chi connectivity index (χ0v) is 15.0. The first-order valence-electron chi connectivity index (χ1n) is 9.55. The van der Waals surface area contributed by atoms with Crippen LogP contribution in [0.25, 0.3) is 0 Å². The molecule has 0 unspecified atom stereocenters. The largest absolute Gasteiger partial charge is 0.481 e. The molecule has 0 saturated carbocycles. The van der Waals surface area contributed by atoms with Gasteiger partial charge in [0.1, 0.15) is 12.2 Å². The van der Waals surface area contributed by atoms with Gasteiger partial charge in [-0.05, 0) is 32.1 Å². The first kappa shape index (κ1) is 21.9. The Morgan fingerprint density at radius 1 is 0.739 bits per heavy atom. The average molecular weight is 325 g/mol. The normalized spacial score (nSPS) is 11.2. The van der Waals surface area contributed by atoms with Gasteiger partial charge < -0.3 is 5.11 Å². The highest BCUT2D eigenvalue weighted by atomic mass is 16.4. The molecule has 0 aromatic carbocycles. The molecule has 0 atom stereocenters. The fourth-order valence-electron chi connectivity index (χ4n) is 2.65. The minimum atomic E-state index is -1.01. The molecular formula is C20H36O3. The molecule has 0 aromatic rings. The molecule has 0 radical (unpaired) electrons. The van der Waals surface area contributed by atoms with Gasteiger partial charge in [0.2, 0.25) is 0 Å². The van der Waals surface area contributed by atoms with E-state index in [1.54, 1.807) is 0 Å². The molecule has 0 rings (SSSR count). The number of unbranched alkanes of at least 4 members (excludes halogenated alkanes) is 11. The summed E-state index contributed by atoms with van der Waals surface area (Å²) in [6.45, 7) is 2.25. The lowest BCUT2D eigenvalue weighted by molar-refractivity contribution is -0.140. The molecule has 3 heteroatoms. The van der Waals surface area contributed by atoms with Crippen LogP contribution < -0.4 is 0 Å². The van der Waals surface area contributed by atoms with Crippen molar-refractivity contribution in [2.45, 2.75) is 103 Å². The molecule has 0 spiro atoms. The maximum absolute atomic E-state index is 11.2. The molecular weight excluding hydrogens is 288 g/mol. The molecule has 0 bridgehead atoms. The third-order valence-corrected chi connectivity index (χ3v) is 4.07. The number of ketones is 1. The van der Waals surface area contributed by atoms with Crippen LogP contribution in [0.3, 0.4) is 0 Å².